The maximum atomic E-state index is 14.7. The molecule has 0 saturated carbocycles. The number of alkyl halides is 4. The predicted octanol–water partition coefficient (Wildman–Crippen LogP) is 4.14. The average Bonchev–Trinajstić information content (AvgIpc) is 3.20. The van der Waals surface area contributed by atoms with Gasteiger partial charge in [0.25, 0.3) is 5.91 Å². The lowest BCUT2D eigenvalue weighted by molar-refractivity contribution is -0.0688. The first-order valence-electron chi connectivity index (χ1n) is 12.1. The van der Waals surface area contributed by atoms with E-state index in [9.17, 15) is 22.4 Å². The summed E-state index contributed by atoms with van der Waals surface area (Å²) < 4.78 is 57.2. The summed E-state index contributed by atoms with van der Waals surface area (Å²) in [6.45, 7) is 6.02. The van der Waals surface area contributed by atoms with Crippen molar-refractivity contribution in [2.24, 2.45) is 7.05 Å². The van der Waals surface area contributed by atoms with Crippen LogP contribution in [0.15, 0.2) is 36.9 Å². The van der Waals surface area contributed by atoms with Crippen LogP contribution in [0.1, 0.15) is 34.0 Å². The number of likely N-dealkylation sites (tertiary alicyclic amines) is 1. The van der Waals surface area contributed by atoms with Gasteiger partial charge < -0.3 is 15.5 Å². The molecule has 2 atom stereocenters. The Balaban J connectivity index is 1.63. The number of amides is 1. The van der Waals surface area contributed by atoms with Crippen LogP contribution in [0.5, 0.6) is 0 Å². The van der Waals surface area contributed by atoms with Gasteiger partial charge in [-0.1, -0.05) is 30.0 Å². The maximum Gasteiger partial charge on any atom is 0.417 e. The van der Waals surface area contributed by atoms with Crippen molar-refractivity contribution >= 4 is 34.0 Å². The fourth-order valence-electron chi connectivity index (χ4n) is 4.32. The third-order valence-corrected chi connectivity index (χ3v) is 6.60. The molecule has 1 amide bonds. The lowest BCUT2D eigenvalue weighted by atomic mass is 9.99. The summed E-state index contributed by atoms with van der Waals surface area (Å²) >= 11 is 0. The van der Waals surface area contributed by atoms with Crippen LogP contribution >= 0.6 is 0 Å². The molecule has 1 saturated heterocycles. The molecule has 12 heteroatoms. The molecule has 0 radical (unpaired) electrons. The highest BCUT2D eigenvalue weighted by atomic mass is 19.4. The quantitative estimate of drug-likeness (QED) is 0.446. The molecule has 1 aliphatic rings. The fraction of sp³-hybridized carbons (Fsp3) is 0.385. The molecule has 1 fully saturated rings. The van der Waals surface area contributed by atoms with Crippen LogP contribution in [0, 0.1) is 6.92 Å². The van der Waals surface area contributed by atoms with Gasteiger partial charge in [0, 0.05) is 43.1 Å². The SMILES string of the molecule is C=C(c1nc(/C=C/CNC(=O)c2nnn(C)c2C)cc2c(N[C@@H]3CCN(C)CC3F)cccc12)C(F)(F)F. The Bertz CT molecular complexity index is 1380. The average molecular weight is 532 g/mol. The number of piperidine rings is 1. The second-order valence-corrected chi connectivity index (χ2v) is 9.35. The Morgan fingerprint density at radius 1 is 1.24 bits per heavy atom. The van der Waals surface area contributed by atoms with Crippen molar-refractivity contribution in [3.05, 3.63) is 59.7 Å². The Morgan fingerprint density at radius 3 is 2.66 bits per heavy atom. The summed E-state index contributed by atoms with van der Waals surface area (Å²) in [5.41, 5.74) is 0.140. The van der Waals surface area contributed by atoms with Gasteiger partial charge in [-0.15, -0.1) is 5.10 Å². The Morgan fingerprint density at radius 2 is 2.00 bits per heavy atom. The van der Waals surface area contributed by atoms with Crippen molar-refractivity contribution in [2.75, 3.05) is 32.0 Å². The first-order chi connectivity index (χ1) is 18.0. The molecule has 1 aliphatic heterocycles. The summed E-state index contributed by atoms with van der Waals surface area (Å²) in [6, 6.07) is 6.03. The van der Waals surface area contributed by atoms with Gasteiger partial charge in [-0.25, -0.2) is 9.37 Å². The number of allylic oxidation sites excluding steroid dienone is 1. The van der Waals surface area contributed by atoms with Gasteiger partial charge >= 0.3 is 6.18 Å². The van der Waals surface area contributed by atoms with Gasteiger partial charge in [-0.05, 0) is 38.6 Å². The summed E-state index contributed by atoms with van der Waals surface area (Å²) in [5.74, 6) is -0.428. The van der Waals surface area contributed by atoms with E-state index in [1.165, 1.54) is 16.8 Å². The third kappa shape index (κ3) is 5.85. The number of hydrogen-bond acceptors (Lipinski definition) is 6. The van der Waals surface area contributed by atoms with Crippen LogP contribution in [-0.2, 0) is 7.05 Å². The monoisotopic (exact) mass is 531 g/mol. The molecule has 3 heterocycles. The molecular weight excluding hydrogens is 502 g/mol. The Hall–Kier alpha value is -3.80. The molecule has 4 rings (SSSR count). The first kappa shape index (κ1) is 27.2. The zero-order valence-electron chi connectivity index (χ0n) is 21.3. The van der Waals surface area contributed by atoms with Crippen LogP contribution in [0.2, 0.25) is 0 Å². The fourth-order valence-corrected chi connectivity index (χ4v) is 4.32. The van der Waals surface area contributed by atoms with E-state index in [1.54, 1.807) is 38.2 Å². The van der Waals surface area contributed by atoms with Gasteiger partial charge in [-0.2, -0.15) is 13.2 Å². The van der Waals surface area contributed by atoms with Crippen LogP contribution in [0.25, 0.3) is 22.4 Å². The van der Waals surface area contributed by atoms with Crippen molar-refractivity contribution in [1.82, 2.24) is 30.2 Å². The number of aromatic nitrogens is 4. The second kappa shape index (κ2) is 10.9. The smallest absolute Gasteiger partial charge is 0.379 e. The number of aryl methyl sites for hydroxylation is 1. The van der Waals surface area contributed by atoms with Gasteiger partial charge in [0.1, 0.15) is 6.17 Å². The highest BCUT2D eigenvalue weighted by molar-refractivity contribution is 6.01. The van der Waals surface area contributed by atoms with Gasteiger partial charge in [0.2, 0.25) is 0 Å². The largest absolute Gasteiger partial charge is 0.417 e. The minimum atomic E-state index is -4.69. The standard InChI is InChI=1S/C26H29F4N7O/c1-15(26(28,29)30)23-18-8-5-9-21(33-22-10-12-36(3)14-20(22)27)19(18)13-17(32-23)7-6-11-31-25(38)24-16(2)37(4)35-34-24/h5-9,13,20,22,33H,1,10-12,14H2,2-4H3,(H,31,38)/b7-6+/t20?,22-/m1/s1. The molecule has 1 aromatic carbocycles. The molecule has 3 aromatic rings. The predicted molar refractivity (Wildman–Crippen MR) is 138 cm³/mol. The summed E-state index contributed by atoms with van der Waals surface area (Å²) in [7, 11) is 3.51. The van der Waals surface area contributed by atoms with E-state index in [4.69, 9.17) is 0 Å². The van der Waals surface area contributed by atoms with Crippen LogP contribution in [0.3, 0.4) is 0 Å². The topological polar surface area (TPSA) is 88.0 Å². The van der Waals surface area contributed by atoms with E-state index >= 15 is 0 Å². The lowest BCUT2D eigenvalue weighted by Gasteiger charge is -2.33. The van der Waals surface area contributed by atoms with Gasteiger partial charge in [0.15, 0.2) is 5.69 Å². The molecule has 0 aliphatic carbocycles. The van der Waals surface area contributed by atoms with Gasteiger partial charge in [-0.3, -0.25) is 9.48 Å². The number of rotatable bonds is 7. The molecular formula is C26H29F4N7O. The summed E-state index contributed by atoms with van der Waals surface area (Å²) in [5, 5.41) is 14.2. The van der Waals surface area contributed by atoms with E-state index in [0.717, 1.165) is 0 Å². The van der Waals surface area contributed by atoms with Crippen molar-refractivity contribution in [3.63, 3.8) is 0 Å². The van der Waals surface area contributed by atoms with Crippen molar-refractivity contribution in [3.8, 4) is 0 Å². The highest BCUT2D eigenvalue weighted by Gasteiger charge is 2.35. The van der Waals surface area contributed by atoms with Crippen LogP contribution in [0.4, 0.5) is 23.2 Å². The van der Waals surface area contributed by atoms with Crippen molar-refractivity contribution in [1.29, 1.82) is 0 Å². The number of nitrogens with zero attached hydrogens (tertiary/aromatic N) is 5. The zero-order valence-corrected chi connectivity index (χ0v) is 21.3. The molecule has 0 bridgehead atoms. The number of pyridine rings is 1. The molecule has 0 spiro atoms. The van der Waals surface area contributed by atoms with E-state index in [0.29, 0.717) is 29.7 Å². The molecule has 2 aromatic heterocycles. The number of benzene rings is 1. The minimum absolute atomic E-state index is 0.0864. The molecule has 8 nitrogen and oxygen atoms in total. The Labute approximate surface area is 217 Å². The maximum absolute atomic E-state index is 14.7. The number of halogens is 4. The normalized spacial score (nSPS) is 18.7. The summed E-state index contributed by atoms with van der Waals surface area (Å²) in [6.07, 6.45) is -2.18. The molecule has 1 unspecified atom stereocenters. The summed E-state index contributed by atoms with van der Waals surface area (Å²) in [4.78, 5) is 18.5. The lowest BCUT2D eigenvalue weighted by Crippen LogP contribution is -2.46. The number of carbonyl (C=O) groups is 1. The van der Waals surface area contributed by atoms with Gasteiger partial charge in [0.05, 0.1) is 28.7 Å². The van der Waals surface area contributed by atoms with Crippen LogP contribution in [-0.4, -0.2) is 75.9 Å². The first-order valence-corrected chi connectivity index (χ1v) is 12.1. The number of anilines is 1. The molecule has 202 valence electrons. The zero-order chi connectivity index (χ0) is 27.6. The van der Waals surface area contributed by atoms with E-state index < -0.39 is 29.9 Å². The number of hydrogen-bond donors (Lipinski definition) is 2. The second-order valence-electron chi connectivity index (χ2n) is 9.35. The van der Waals surface area contributed by atoms with Crippen LogP contribution < -0.4 is 10.6 Å². The van der Waals surface area contributed by atoms with Crippen molar-refractivity contribution in [2.45, 2.75) is 31.7 Å². The van der Waals surface area contributed by atoms with E-state index in [-0.39, 0.29) is 35.6 Å². The third-order valence-electron chi connectivity index (χ3n) is 6.60. The van der Waals surface area contributed by atoms with E-state index in [1.807, 2.05) is 11.9 Å². The molecule has 2 N–H and O–H groups in total. The van der Waals surface area contributed by atoms with Crippen molar-refractivity contribution < 1.29 is 22.4 Å². The Kier molecular flexibility index (Phi) is 7.81. The number of nitrogens with one attached hydrogen (secondary N) is 2. The van der Waals surface area contributed by atoms with E-state index in [2.05, 4.69) is 32.5 Å². The number of carbonyl (C=O) groups excluding carboxylic acids is 1. The molecule has 38 heavy (non-hydrogen) atoms. The highest BCUT2D eigenvalue weighted by Crippen LogP contribution is 2.37. The number of fused-ring (bicyclic) bond motifs is 1. The minimum Gasteiger partial charge on any atom is -0.379 e.